The lowest BCUT2D eigenvalue weighted by Crippen LogP contribution is -2.01. The Kier molecular flexibility index (Phi) is 3.15. The number of nitrogens with zero attached hydrogens (tertiary/aromatic N) is 3. The number of carbonyl (C=O) groups is 1. The van der Waals surface area contributed by atoms with Gasteiger partial charge in [-0.15, -0.1) is 0 Å². The zero-order chi connectivity index (χ0) is 14.1. The van der Waals surface area contributed by atoms with E-state index in [9.17, 15) is 9.90 Å². The van der Waals surface area contributed by atoms with Gasteiger partial charge in [-0.1, -0.05) is 30.0 Å². The van der Waals surface area contributed by atoms with Crippen molar-refractivity contribution in [2.75, 3.05) is 0 Å². The van der Waals surface area contributed by atoms with Gasteiger partial charge in [-0.25, -0.2) is 9.78 Å². The minimum Gasteiger partial charge on any atom is -0.478 e. The summed E-state index contributed by atoms with van der Waals surface area (Å²) in [4.78, 5) is 17.2. The summed E-state index contributed by atoms with van der Waals surface area (Å²) in [6.45, 7) is 0. The van der Waals surface area contributed by atoms with Crippen LogP contribution in [-0.4, -0.2) is 25.8 Å². The number of carboxylic acids is 1. The molecule has 0 atom stereocenters. The van der Waals surface area contributed by atoms with Crippen molar-refractivity contribution >= 4 is 28.8 Å². The first-order chi connectivity index (χ1) is 9.66. The van der Waals surface area contributed by atoms with Crippen molar-refractivity contribution in [3.8, 4) is 0 Å². The molecule has 0 bridgehead atoms. The van der Waals surface area contributed by atoms with Crippen LogP contribution in [0, 0.1) is 0 Å². The number of aromatic nitrogens is 3. The van der Waals surface area contributed by atoms with Crippen LogP contribution in [0.1, 0.15) is 10.4 Å². The van der Waals surface area contributed by atoms with Crippen molar-refractivity contribution < 1.29 is 9.90 Å². The van der Waals surface area contributed by atoms with Crippen LogP contribution >= 0.6 is 11.8 Å². The molecule has 0 saturated carbocycles. The first kappa shape index (κ1) is 12.7. The summed E-state index contributed by atoms with van der Waals surface area (Å²) in [5.74, 6) is -0.985. The molecule has 2 aromatic heterocycles. The average molecular weight is 285 g/mol. The van der Waals surface area contributed by atoms with Crippen LogP contribution in [0.2, 0.25) is 0 Å². The molecule has 100 valence electrons. The maximum Gasteiger partial charge on any atom is 0.338 e. The largest absolute Gasteiger partial charge is 0.478 e. The lowest BCUT2D eigenvalue weighted by molar-refractivity contribution is 0.0693. The molecule has 0 amide bonds. The number of rotatable bonds is 3. The summed E-state index contributed by atoms with van der Waals surface area (Å²) in [5.41, 5.74) is 0.868. The van der Waals surface area contributed by atoms with E-state index >= 15 is 0 Å². The average Bonchev–Trinajstić information content (AvgIpc) is 2.82. The second-order valence-corrected chi connectivity index (χ2v) is 5.31. The van der Waals surface area contributed by atoms with Crippen molar-refractivity contribution in [3.63, 3.8) is 0 Å². The van der Waals surface area contributed by atoms with Crippen molar-refractivity contribution in [3.05, 3.63) is 48.3 Å². The molecular weight excluding hydrogens is 274 g/mol. The predicted octanol–water partition coefficient (Wildman–Crippen LogP) is 2.82. The molecule has 0 spiro atoms. The van der Waals surface area contributed by atoms with Crippen LogP contribution in [0.5, 0.6) is 0 Å². The highest BCUT2D eigenvalue weighted by Gasteiger charge is 2.17. The number of pyridine rings is 1. The van der Waals surface area contributed by atoms with Crippen molar-refractivity contribution in [2.45, 2.75) is 9.79 Å². The zero-order valence-electron chi connectivity index (χ0n) is 10.6. The third-order valence-corrected chi connectivity index (χ3v) is 4.06. The van der Waals surface area contributed by atoms with E-state index in [-0.39, 0.29) is 5.56 Å². The Morgan fingerprint density at radius 1 is 1.25 bits per heavy atom. The second kappa shape index (κ2) is 4.97. The third kappa shape index (κ3) is 2.14. The van der Waals surface area contributed by atoms with Gasteiger partial charge >= 0.3 is 5.97 Å². The summed E-state index contributed by atoms with van der Waals surface area (Å²) >= 11 is 1.41. The van der Waals surface area contributed by atoms with Crippen molar-refractivity contribution in [2.24, 2.45) is 7.05 Å². The minimum absolute atomic E-state index is 0.194. The van der Waals surface area contributed by atoms with Crippen LogP contribution in [0.25, 0.3) is 11.0 Å². The third-order valence-electron chi connectivity index (χ3n) is 2.91. The van der Waals surface area contributed by atoms with Gasteiger partial charge in [-0.05, 0) is 12.1 Å². The molecule has 1 N–H and O–H groups in total. The fraction of sp³-hybridized carbons (Fsp3) is 0.0714. The summed E-state index contributed by atoms with van der Waals surface area (Å²) < 4.78 is 1.63. The van der Waals surface area contributed by atoms with E-state index in [1.54, 1.807) is 17.9 Å². The molecule has 0 aliphatic heterocycles. The molecule has 3 rings (SSSR count). The summed E-state index contributed by atoms with van der Waals surface area (Å²) in [7, 11) is 1.78. The Bertz CT molecular complexity index is 784. The fourth-order valence-corrected chi connectivity index (χ4v) is 2.98. The molecular formula is C14H11N3O2S. The van der Waals surface area contributed by atoms with Gasteiger partial charge in [0.05, 0.1) is 17.1 Å². The van der Waals surface area contributed by atoms with E-state index in [2.05, 4.69) is 10.1 Å². The molecule has 0 radical (unpaired) electrons. The maximum absolute atomic E-state index is 11.4. The molecule has 0 aliphatic carbocycles. The van der Waals surface area contributed by atoms with Crippen LogP contribution in [0.15, 0.2) is 52.5 Å². The highest BCUT2D eigenvalue weighted by Crippen LogP contribution is 2.35. The van der Waals surface area contributed by atoms with Crippen LogP contribution in [-0.2, 0) is 7.05 Å². The van der Waals surface area contributed by atoms with E-state index < -0.39 is 5.97 Å². The number of benzene rings is 1. The molecule has 0 aliphatic rings. The van der Waals surface area contributed by atoms with Gasteiger partial charge in [0.15, 0.2) is 5.65 Å². The highest BCUT2D eigenvalue weighted by atomic mass is 32.2. The molecule has 6 heteroatoms. The number of aromatic carboxylic acids is 1. The highest BCUT2D eigenvalue weighted by molar-refractivity contribution is 7.99. The van der Waals surface area contributed by atoms with Crippen molar-refractivity contribution in [1.29, 1.82) is 0 Å². The molecule has 20 heavy (non-hydrogen) atoms. The Balaban J connectivity index is 2.20. The monoisotopic (exact) mass is 285 g/mol. The van der Waals surface area contributed by atoms with E-state index in [0.717, 1.165) is 10.3 Å². The minimum atomic E-state index is -0.985. The molecule has 2 heterocycles. The van der Waals surface area contributed by atoms with E-state index in [0.29, 0.717) is 10.5 Å². The quantitative estimate of drug-likeness (QED) is 0.801. The molecule has 0 saturated heterocycles. The number of hydrogen-bond acceptors (Lipinski definition) is 4. The number of fused-ring (bicyclic) bond motifs is 1. The SMILES string of the molecule is Cn1ncc2c(Sc3ccccc3)c(C(=O)O)cnc21. The van der Waals surface area contributed by atoms with Gasteiger partial charge in [0.2, 0.25) is 0 Å². The van der Waals surface area contributed by atoms with Gasteiger partial charge < -0.3 is 5.11 Å². The van der Waals surface area contributed by atoms with Gasteiger partial charge in [0.25, 0.3) is 0 Å². The zero-order valence-corrected chi connectivity index (χ0v) is 11.5. The molecule has 0 unspecified atom stereocenters. The molecule has 1 aromatic carbocycles. The second-order valence-electron chi connectivity index (χ2n) is 4.23. The van der Waals surface area contributed by atoms with Crippen LogP contribution in [0.3, 0.4) is 0 Å². The molecule has 5 nitrogen and oxygen atoms in total. The Morgan fingerprint density at radius 2 is 2.00 bits per heavy atom. The van der Waals surface area contributed by atoms with Gasteiger partial charge in [0.1, 0.15) is 0 Å². The Labute approximate surface area is 119 Å². The lowest BCUT2D eigenvalue weighted by Gasteiger charge is -2.07. The van der Waals surface area contributed by atoms with E-state index in [4.69, 9.17) is 0 Å². The Hall–Kier alpha value is -2.34. The van der Waals surface area contributed by atoms with Crippen LogP contribution in [0.4, 0.5) is 0 Å². The summed E-state index contributed by atoms with van der Waals surface area (Å²) in [5, 5.41) is 14.2. The number of carboxylic acid groups (broad SMARTS) is 1. The normalized spacial score (nSPS) is 10.8. The van der Waals surface area contributed by atoms with E-state index in [1.165, 1.54) is 18.0 Å². The number of hydrogen-bond donors (Lipinski definition) is 1. The van der Waals surface area contributed by atoms with Crippen molar-refractivity contribution in [1.82, 2.24) is 14.8 Å². The first-order valence-corrected chi connectivity index (χ1v) is 6.75. The summed E-state index contributed by atoms with van der Waals surface area (Å²) in [6.07, 6.45) is 3.04. The smallest absolute Gasteiger partial charge is 0.338 e. The molecule has 0 fully saturated rings. The van der Waals surface area contributed by atoms with Gasteiger partial charge in [-0.3, -0.25) is 4.68 Å². The van der Waals surface area contributed by atoms with Gasteiger partial charge in [0, 0.05) is 23.0 Å². The predicted molar refractivity (Wildman–Crippen MR) is 76.0 cm³/mol. The maximum atomic E-state index is 11.4. The summed E-state index contributed by atoms with van der Waals surface area (Å²) in [6, 6.07) is 9.65. The number of aryl methyl sites for hydroxylation is 1. The standard InChI is InChI=1S/C14H11N3O2S/c1-17-13-10(8-16-17)12(11(7-15-13)14(18)19)20-9-5-3-2-4-6-9/h2-8H,1H3,(H,18,19). The Morgan fingerprint density at radius 3 is 2.70 bits per heavy atom. The fourth-order valence-electron chi connectivity index (χ4n) is 1.94. The first-order valence-electron chi connectivity index (χ1n) is 5.93. The topological polar surface area (TPSA) is 68.0 Å². The van der Waals surface area contributed by atoms with Crippen LogP contribution < -0.4 is 0 Å². The molecule has 3 aromatic rings. The van der Waals surface area contributed by atoms with E-state index in [1.807, 2.05) is 30.3 Å². The van der Waals surface area contributed by atoms with Gasteiger partial charge in [-0.2, -0.15) is 5.10 Å². The lowest BCUT2D eigenvalue weighted by atomic mass is 10.2.